The van der Waals surface area contributed by atoms with Gasteiger partial charge in [0.2, 0.25) is 0 Å². The summed E-state index contributed by atoms with van der Waals surface area (Å²) in [6.45, 7) is 4.39. The first-order chi connectivity index (χ1) is 15.5. The number of rotatable bonds is 14. The van der Waals surface area contributed by atoms with Crippen LogP contribution in [-0.2, 0) is 28.7 Å². The number of hydrogen-bond donors (Lipinski definition) is 0. The molecule has 6 nitrogen and oxygen atoms in total. The van der Waals surface area contributed by atoms with Gasteiger partial charge >= 0.3 is 23.9 Å². The predicted molar refractivity (Wildman–Crippen MR) is 123 cm³/mol. The number of hydrogen-bond acceptors (Lipinski definition) is 6. The molecule has 2 fully saturated rings. The summed E-state index contributed by atoms with van der Waals surface area (Å²) in [6, 6.07) is 0. The van der Waals surface area contributed by atoms with Gasteiger partial charge in [0.15, 0.2) is 0 Å². The summed E-state index contributed by atoms with van der Waals surface area (Å²) >= 11 is 0. The minimum atomic E-state index is -0.402. The van der Waals surface area contributed by atoms with E-state index in [0.29, 0.717) is 0 Å². The second-order valence-corrected chi connectivity index (χ2v) is 8.47. The van der Waals surface area contributed by atoms with Crippen LogP contribution in [0.4, 0.5) is 0 Å². The zero-order chi connectivity index (χ0) is 23.6. The Morgan fingerprint density at radius 2 is 1.00 bits per heavy atom. The summed E-state index contributed by atoms with van der Waals surface area (Å²) in [7, 11) is 0. The molecule has 180 valence electrons. The van der Waals surface area contributed by atoms with Crippen LogP contribution in [0.3, 0.4) is 0 Å². The first-order valence-electron chi connectivity index (χ1n) is 12.3. The molecule has 0 radical (unpaired) electrons. The Labute approximate surface area is 192 Å². The normalized spacial score (nSPS) is 20.7. The lowest BCUT2D eigenvalue weighted by molar-refractivity contribution is -0.154. The molecule has 2 unspecified atom stereocenters. The van der Waals surface area contributed by atoms with Gasteiger partial charge in [-0.15, -0.1) is 0 Å². The van der Waals surface area contributed by atoms with Gasteiger partial charge < -0.3 is 9.47 Å². The average molecular weight is 449 g/mol. The smallest absolute Gasteiger partial charge is 0.321 e. The molecule has 0 saturated carbocycles. The first-order valence-corrected chi connectivity index (χ1v) is 12.3. The maximum absolute atomic E-state index is 11.1. The van der Waals surface area contributed by atoms with E-state index < -0.39 is 23.9 Å². The van der Waals surface area contributed by atoms with E-state index in [-0.39, 0.29) is 24.7 Å². The van der Waals surface area contributed by atoms with Crippen molar-refractivity contribution in [2.24, 2.45) is 11.8 Å². The molecule has 0 aliphatic carbocycles. The number of carbonyl (C=O) groups is 4. The third-order valence-electron chi connectivity index (χ3n) is 5.49. The Morgan fingerprint density at radius 3 is 1.38 bits per heavy atom. The molecule has 2 atom stereocenters. The van der Waals surface area contributed by atoms with Crippen molar-refractivity contribution in [1.82, 2.24) is 0 Å². The van der Waals surface area contributed by atoms with Gasteiger partial charge in [-0.25, -0.2) is 0 Å². The maximum Gasteiger partial charge on any atom is 0.321 e. The fourth-order valence-electron chi connectivity index (χ4n) is 3.53. The summed E-state index contributed by atoms with van der Waals surface area (Å²) in [4.78, 5) is 43.8. The molecule has 2 rings (SSSR count). The van der Waals surface area contributed by atoms with Crippen molar-refractivity contribution in [2.45, 2.75) is 104 Å². The monoisotopic (exact) mass is 448 g/mol. The van der Waals surface area contributed by atoms with E-state index >= 15 is 0 Å². The number of ether oxygens (including phenoxy) is 2. The van der Waals surface area contributed by atoms with Gasteiger partial charge in [0, 0.05) is 0 Å². The minimum Gasteiger partial charge on any atom is -0.393 e. The molecule has 32 heavy (non-hydrogen) atoms. The molecule has 0 spiro atoms. The van der Waals surface area contributed by atoms with Crippen molar-refractivity contribution < 1.29 is 28.7 Å². The Balaban J connectivity index is 0.000000323. The van der Waals surface area contributed by atoms with Crippen LogP contribution in [-0.4, -0.2) is 23.9 Å². The van der Waals surface area contributed by atoms with E-state index in [1.165, 1.54) is 51.4 Å². The highest BCUT2D eigenvalue weighted by atomic mass is 16.6. The maximum atomic E-state index is 11.1. The lowest BCUT2D eigenvalue weighted by Crippen LogP contribution is -2.03. The Kier molecular flexibility index (Phi) is 15.1. The standard InChI is InChI=1S/C14H22O3.C12H18O3/c1-2-3-4-5-6-7-8-9-10-12-11-13(15)17-14(12)16;1-2-3-4-5-6-7-8-10-9-11(13)15-12(10)14/h9-10,12H,2-8,11H2,1H3;7-8,10H,2-6,9H2,1H3. The molecular formula is C26H40O6. The molecule has 6 heteroatoms. The Hall–Kier alpha value is -2.24. The summed E-state index contributed by atoms with van der Waals surface area (Å²) < 4.78 is 8.91. The number of unbranched alkanes of at least 4 members (excludes halogenated alkanes) is 10. The van der Waals surface area contributed by atoms with Crippen LogP contribution in [0.25, 0.3) is 0 Å². The molecule has 0 aromatic heterocycles. The molecule has 0 aromatic carbocycles. The molecular weight excluding hydrogens is 408 g/mol. The number of allylic oxidation sites excluding steroid dienone is 2. The summed E-state index contributed by atoms with van der Waals surface area (Å²) in [5.41, 5.74) is 0. The summed E-state index contributed by atoms with van der Waals surface area (Å²) in [5.74, 6) is -2.25. The van der Waals surface area contributed by atoms with Crippen LogP contribution in [0.2, 0.25) is 0 Å². The lowest BCUT2D eigenvalue weighted by Gasteiger charge is -1.98. The van der Waals surface area contributed by atoms with Gasteiger partial charge in [0.25, 0.3) is 0 Å². The van der Waals surface area contributed by atoms with Gasteiger partial charge in [-0.05, 0) is 25.7 Å². The molecule has 0 N–H and O–H groups in total. The third kappa shape index (κ3) is 12.6. The molecule has 2 saturated heterocycles. The second kappa shape index (κ2) is 17.3. The zero-order valence-corrected chi connectivity index (χ0v) is 19.8. The van der Waals surface area contributed by atoms with Crippen molar-refractivity contribution >= 4 is 23.9 Å². The molecule has 2 heterocycles. The van der Waals surface area contributed by atoms with E-state index in [0.717, 1.165) is 25.7 Å². The van der Waals surface area contributed by atoms with Crippen molar-refractivity contribution in [1.29, 1.82) is 0 Å². The highest BCUT2D eigenvalue weighted by molar-refractivity contribution is 5.96. The van der Waals surface area contributed by atoms with Crippen molar-refractivity contribution in [3.63, 3.8) is 0 Å². The number of carbonyl (C=O) groups excluding carboxylic acids is 4. The van der Waals surface area contributed by atoms with Crippen molar-refractivity contribution in [3.05, 3.63) is 24.3 Å². The lowest BCUT2D eigenvalue weighted by atomic mass is 10.1. The SMILES string of the molecule is CCCCCCC=CC1CC(=O)OC1=O.CCCCCCCCC=CC1CC(=O)OC1=O. The van der Waals surface area contributed by atoms with Crippen LogP contribution >= 0.6 is 0 Å². The first kappa shape index (κ1) is 27.8. The number of cyclic esters (lactones) is 4. The molecule has 0 bridgehead atoms. The minimum absolute atomic E-state index is 0.213. The van der Waals surface area contributed by atoms with Gasteiger partial charge in [-0.3, -0.25) is 19.2 Å². The fourth-order valence-corrected chi connectivity index (χ4v) is 3.53. The molecule has 2 aliphatic heterocycles. The quantitative estimate of drug-likeness (QED) is 0.140. The highest BCUT2D eigenvalue weighted by Crippen LogP contribution is 2.18. The van der Waals surface area contributed by atoms with E-state index in [1.807, 2.05) is 18.2 Å². The third-order valence-corrected chi connectivity index (χ3v) is 5.49. The van der Waals surface area contributed by atoms with E-state index in [2.05, 4.69) is 23.3 Å². The van der Waals surface area contributed by atoms with E-state index in [9.17, 15) is 19.2 Å². The Morgan fingerprint density at radius 1 is 0.625 bits per heavy atom. The fraction of sp³-hybridized carbons (Fsp3) is 0.692. The number of esters is 4. The average Bonchev–Trinajstić information content (AvgIpc) is 3.26. The van der Waals surface area contributed by atoms with Crippen molar-refractivity contribution in [3.8, 4) is 0 Å². The van der Waals surface area contributed by atoms with Crippen LogP contribution < -0.4 is 0 Å². The topological polar surface area (TPSA) is 86.7 Å². The molecule has 0 aromatic rings. The molecule has 2 aliphatic rings. The van der Waals surface area contributed by atoms with Crippen LogP contribution in [0, 0.1) is 11.8 Å². The van der Waals surface area contributed by atoms with Crippen molar-refractivity contribution in [2.75, 3.05) is 0 Å². The molecule has 0 amide bonds. The second-order valence-electron chi connectivity index (χ2n) is 8.47. The largest absolute Gasteiger partial charge is 0.393 e. The summed E-state index contributed by atoms with van der Waals surface area (Å²) in [6.07, 6.45) is 22.5. The van der Waals surface area contributed by atoms with E-state index in [4.69, 9.17) is 0 Å². The summed E-state index contributed by atoms with van der Waals surface area (Å²) in [5, 5.41) is 0. The highest BCUT2D eigenvalue weighted by Gasteiger charge is 2.31. The van der Waals surface area contributed by atoms with Crippen LogP contribution in [0.1, 0.15) is 104 Å². The van der Waals surface area contributed by atoms with Gasteiger partial charge in [0.1, 0.15) is 0 Å². The zero-order valence-electron chi connectivity index (χ0n) is 19.8. The van der Waals surface area contributed by atoms with Gasteiger partial charge in [-0.1, -0.05) is 89.5 Å². The van der Waals surface area contributed by atoms with Gasteiger partial charge in [0.05, 0.1) is 24.7 Å². The van der Waals surface area contributed by atoms with Gasteiger partial charge in [-0.2, -0.15) is 0 Å². The Bertz CT molecular complexity index is 649. The van der Waals surface area contributed by atoms with Crippen LogP contribution in [0.15, 0.2) is 24.3 Å². The van der Waals surface area contributed by atoms with Crippen LogP contribution in [0.5, 0.6) is 0 Å². The van der Waals surface area contributed by atoms with E-state index in [1.54, 1.807) is 6.08 Å². The predicted octanol–water partition coefficient (Wildman–Crippen LogP) is 5.99.